The van der Waals surface area contributed by atoms with Gasteiger partial charge in [0.1, 0.15) is 12.7 Å². The Morgan fingerprint density at radius 3 is 2.15 bits per heavy atom. The third kappa shape index (κ3) is 5.27. The average Bonchev–Trinajstić information content (AvgIpc) is 3.56. The molecule has 3 rings (SSSR count). The fraction of sp³-hybridized carbons (Fsp3) is 0.500. The summed E-state index contributed by atoms with van der Waals surface area (Å²) in [7, 11) is 0. The summed E-state index contributed by atoms with van der Waals surface area (Å²) in [6.07, 6.45) is 0.626. The molecule has 0 aromatic heterocycles. The highest BCUT2D eigenvalue weighted by Gasteiger charge is 2.26. The van der Waals surface area contributed by atoms with Crippen molar-refractivity contribution < 1.29 is 33.3 Å². The van der Waals surface area contributed by atoms with Gasteiger partial charge in [0.15, 0.2) is 0 Å². The summed E-state index contributed by atoms with van der Waals surface area (Å²) in [4.78, 5) is 36.7. The fourth-order valence-electron chi connectivity index (χ4n) is 2.18. The van der Waals surface area contributed by atoms with Crippen LogP contribution in [0.25, 0.3) is 0 Å². The van der Waals surface area contributed by atoms with Crippen molar-refractivity contribution in [2.75, 3.05) is 33.0 Å². The molecule has 2 aliphatic heterocycles. The zero-order chi connectivity index (χ0) is 18.5. The van der Waals surface area contributed by atoms with Gasteiger partial charge in [0.25, 0.3) is 5.91 Å². The predicted octanol–water partition coefficient (Wildman–Crippen LogP) is 0.938. The van der Waals surface area contributed by atoms with E-state index in [1.54, 1.807) is 0 Å². The van der Waals surface area contributed by atoms with Gasteiger partial charge in [-0.3, -0.25) is 4.79 Å². The molecule has 1 aromatic rings. The second-order valence-electron chi connectivity index (χ2n) is 6.15. The van der Waals surface area contributed by atoms with Crippen molar-refractivity contribution in [2.45, 2.75) is 25.6 Å². The molecular formula is C18H21NO7. The number of esters is 2. The Hall–Kier alpha value is -2.45. The number of amides is 1. The first-order chi connectivity index (χ1) is 12.6. The SMILES string of the molecule is CCCOC(=O)c1cc(C(=O)NCC2CO2)cc(C(=O)OCC2CO2)c1. The minimum atomic E-state index is -0.620. The Labute approximate surface area is 150 Å². The van der Waals surface area contributed by atoms with Gasteiger partial charge in [-0.15, -0.1) is 0 Å². The average molecular weight is 363 g/mol. The summed E-state index contributed by atoms with van der Waals surface area (Å²) in [5.41, 5.74) is 0.430. The number of epoxide rings is 2. The first kappa shape index (κ1) is 18.3. The van der Waals surface area contributed by atoms with Crippen LogP contribution in [0, 0.1) is 0 Å². The Bertz CT molecular complexity index is 649. The van der Waals surface area contributed by atoms with Crippen molar-refractivity contribution in [1.29, 1.82) is 0 Å². The maximum Gasteiger partial charge on any atom is 0.338 e. The first-order valence-electron chi connectivity index (χ1n) is 8.57. The van der Waals surface area contributed by atoms with E-state index in [1.165, 1.54) is 18.2 Å². The number of ether oxygens (including phenoxy) is 4. The molecule has 2 fully saturated rings. The van der Waals surface area contributed by atoms with E-state index in [9.17, 15) is 14.4 Å². The highest BCUT2D eigenvalue weighted by molar-refractivity contribution is 6.02. The van der Waals surface area contributed by atoms with Crippen molar-refractivity contribution in [3.63, 3.8) is 0 Å². The van der Waals surface area contributed by atoms with E-state index in [0.717, 1.165) is 0 Å². The molecule has 0 bridgehead atoms. The zero-order valence-electron chi connectivity index (χ0n) is 14.5. The highest BCUT2D eigenvalue weighted by atomic mass is 16.6. The van der Waals surface area contributed by atoms with Crippen LogP contribution in [0.2, 0.25) is 0 Å². The van der Waals surface area contributed by atoms with Gasteiger partial charge < -0.3 is 24.3 Å². The van der Waals surface area contributed by atoms with Crippen LogP contribution in [0.15, 0.2) is 18.2 Å². The third-order valence-corrected chi connectivity index (χ3v) is 3.80. The van der Waals surface area contributed by atoms with Gasteiger partial charge in [-0.25, -0.2) is 9.59 Å². The lowest BCUT2D eigenvalue weighted by molar-refractivity contribution is 0.0476. The largest absolute Gasteiger partial charge is 0.462 e. The minimum absolute atomic E-state index is 0.0274. The number of carbonyl (C=O) groups is 3. The van der Waals surface area contributed by atoms with E-state index in [2.05, 4.69) is 5.32 Å². The van der Waals surface area contributed by atoms with Crippen molar-refractivity contribution in [3.05, 3.63) is 34.9 Å². The van der Waals surface area contributed by atoms with Crippen molar-refractivity contribution in [2.24, 2.45) is 0 Å². The van der Waals surface area contributed by atoms with Gasteiger partial charge in [-0.2, -0.15) is 0 Å². The molecule has 140 valence electrons. The van der Waals surface area contributed by atoms with Gasteiger partial charge >= 0.3 is 11.9 Å². The molecule has 2 saturated heterocycles. The first-order valence-corrected chi connectivity index (χ1v) is 8.57. The topological polar surface area (TPSA) is 107 Å². The van der Waals surface area contributed by atoms with Gasteiger partial charge in [0.2, 0.25) is 0 Å². The van der Waals surface area contributed by atoms with E-state index in [4.69, 9.17) is 18.9 Å². The Balaban J connectivity index is 1.75. The van der Waals surface area contributed by atoms with Crippen LogP contribution in [0.5, 0.6) is 0 Å². The van der Waals surface area contributed by atoms with E-state index >= 15 is 0 Å². The zero-order valence-corrected chi connectivity index (χ0v) is 14.5. The molecule has 2 aliphatic rings. The lowest BCUT2D eigenvalue weighted by Crippen LogP contribution is -2.28. The van der Waals surface area contributed by atoms with Crippen LogP contribution in [0.1, 0.15) is 44.4 Å². The van der Waals surface area contributed by atoms with Gasteiger partial charge in [0.05, 0.1) is 37.1 Å². The van der Waals surface area contributed by atoms with E-state index in [0.29, 0.717) is 26.2 Å². The molecule has 1 amide bonds. The summed E-state index contributed by atoms with van der Waals surface area (Å²) in [5, 5.41) is 2.71. The predicted molar refractivity (Wildman–Crippen MR) is 89.1 cm³/mol. The monoisotopic (exact) mass is 363 g/mol. The van der Waals surface area contributed by atoms with Crippen LogP contribution in [0.3, 0.4) is 0 Å². The second kappa shape index (κ2) is 8.29. The second-order valence-corrected chi connectivity index (χ2v) is 6.15. The molecule has 0 saturated carbocycles. The molecule has 8 heteroatoms. The van der Waals surface area contributed by atoms with Crippen molar-refractivity contribution in [3.8, 4) is 0 Å². The molecule has 2 heterocycles. The van der Waals surface area contributed by atoms with Gasteiger partial charge in [-0.05, 0) is 24.6 Å². The molecular weight excluding hydrogens is 342 g/mol. The molecule has 8 nitrogen and oxygen atoms in total. The molecule has 1 aromatic carbocycles. The van der Waals surface area contributed by atoms with Crippen LogP contribution >= 0.6 is 0 Å². The van der Waals surface area contributed by atoms with Gasteiger partial charge in [-0.1, -0.05) is 6.92 Å². The lowest BCUT2D eigenvalue weighted by Gasteiger charge is -2.10. The highest BCUT2D eigenvalue weighted by Crippen LogP contribution is 2.16. The van der Waals surface area contributed by atoms with E-state index in [-0.39, 0.29) is 42.1 Å². The van der Waals surface area contributed by atoms with E-state index < -0.39 is 17.8 Å². The van der Waals surface area contributed by atoms with Crippen LogP contribution < -0.4 is 5.32 Å². The normalized spacial score (nSPS) is 20.2. The van der Waals surface area contributed by atoms with Crippen molar-refractivity contribution >= 4 is 17.8 Å². The number of rotatable bonds is 9. The smallest absolute Gasteiger partial charge is 0.338 e. The third-order valence-electron chi connectivity index (χ3n) is 3.80. The lowest BCUT2D eigenvalue weighted by atomic mass is 10.0. The van der Waals surface area contributed by atoms with Gasteiger partial charge in [0, 0.05) is 12.1 Å². The Morgan fingerprint density at radius 2 is 1.58 bits per heavy atom. The van der Waals surface area contributed by atoms with Crippen LogP contribution in [-0.4, -0.2) is 63.0 Å². The summed E-state index contributed by atoms with van der Waals surface area (Å²) in [6.45, 7) is 3.83. The summed E-state index contributed by atoms with van der Waals surface area (Å²) in [6, 6.07) is 4.17. The maximum absolute atomic E-state index is 12.3. The molecule has 1 N–H and O–H groups in total. The minimum Gasteiger partial charge on any atom is -0.462 e. The maximum atomic E-state index is 12.3. The molecule has 0 spiro atoms. The summed E-state index contributed by atoms with van der Waals surface area (Å²) in [5.74, 6) is -1.61. The fourth-order valence-corrected chi connectivity index (χ4v) is 2.18. The Morgan fingerprint density at radius 1 is 1.00 bits per heavy atom. The number of benzene rings is 1. The van der Waals surface area contributed by atoms with Crippen LogP contribution in [-0.2, 0) is 18.9 Å². The summed E-state index contributed by atoms with van der Waals surface area (Å²) < 4.78 is 20.3. The quantitative estimate of drug-likeness (QED) is 0.514. The van der Waals surface area contributed by atoms with Crippen molar-refractivity contribution in [1.82, 2.24) is 5.32 Å². The van der Waals surface area contributed by atoms with E-state index in [1.807, 2.05) is 6.92 Å². The number of nitrogens with one attached hydrogen (secondary N) is 1. The molecule has 2 unspecified atom stereocenters. The number of hydrogen-bond acceptors (Lipinski definition) is 7. The summed E-state index contributed by atoms with van der Waals surface area (Å²) >= 11 is 0. The number of carbonyl (C=O) groups excluding carboxylic acids is 3. The Kier molecular flexibility index (Phi) is 5.85. The molecule has 2 atom stereocenters. The molecule has 0 radical (unpaired) electrons. The number of hydrogen-bond donors (Lipinski definition) is 1. The molecule has 0 aliphatic carbocycles. The molecule has 26 heavy (non-hydrogen) atoms. The van der Waals surface area contributed by atoms with Crippen LogP contribution in [0.4, 0.5) is 0 Å². The standard InChI is InChI=1S/C18H21NO7/c1-2-3-23-17(21)12-4-11(16(20)19-7-14-8-24-14)5-13(6-12)18(22)26-10-15-9-25-15/h4-6,14-15H,2-3,7-10H2,1H3,(H,19,20).